The van der Waals surface area contributed by atoms with Gasteiger partial charge in [-0.1, -0.05) is 30.3 Å². The van der Waals surface area contributed by atoms with Crippen LogP contribution in [0.2, 0.25) is 0 Å². The number of H-pyrrole nitrogens is 1. The average Bonchev–Trinajstić information content (AvgIpc) is 3.64. The molecule has 0 fully saturated rings. The quantitative estimate of drug-likeness (QED) is 0.317. The molecule has 0 saturated heterocycles. The molecule has 5 aromatic rings. The Morgan fingerprint density at radius 1 is 1.14 bits per heavy atom. The third kappa shape index (κ3) is 4.19. The van der Waals surface area contributed by atoms with Crippen LogP contribution in [-0.2, 0) is 0 Å². The summed E-state index contributed by atoms with van der Waals surface area (Å²) in [5.74, 6) is 1.10. The number of carbonyl (C=O) groups excluding carboxylic acids is 1. The maximum Gasteiger partial charge on any atom is 0.319 e. The summed E-state index contributed by atoms with van der Waals surface area (Å²) in [6.07, 6.45) is 5.90. The standard InChI is InChI=1S/C25H22N8OS/c34-25(31-18-5-3-4-16(12-18)24-26-10-11-35-24)27-9-8-17-14-33(21-7-2-1-6-19(17)21)23-20-13-30-32-22(20)28-15-29-23/h1-7,10-13,15,17H,8-9,14H2,(H2,27,31,34)(H,28,29,30,32). The van der Waals surface area contributed by atoms with Crippen LogP contribution in [0.15, 0.2) is 72.6 Å². The van der Waals surface area contributed by atoms with E-state index in [4.69, 9.17) is 0 Å². The molecule has 6 rings (SSSR count). The highest BCUT2D eigenvalue weighted by molar-refractivity contribution is 7.13. The van der Waals surface area contributed by atoms with Gasteiger partial charge in [0.05, 0.1) is 11.6 Å². The monoisotopic (exact) mass is 482 g/mol. The van der Waals surface area contributed by atoms with Gasteiger partial charge in [0.15, 0.2) is 5.65 Å². The van der Waals surface area contributed by atoms with Crippen molar-refractivity contribution in [3.8, 4) is 10.6 Å². The van der Waals surface area contributed by atoms with Crippen molar-refractivity contribution in [2.24, 2.45) is 0 Å². The van der Waals surface area contributed by atoms with E-state index in [9.17, 15) is 4.79 Å². The lowest BCUT2D eigenvalue weighted by atomic mass is 9.98. The molecule has 0 radical (unpaired) electrons. The molecule has 10 heteroatoms. The van der Waals surface area contributed by atoms with Crippen molar-refractivity contribution in [2.75, 3.05) is 23.3 Å². The number of thiazole rings is 1. The fraction of sp³-hybridized carbons (Fsp3) is 0.160. The molecule has 35 heavy (non-hydrogen) atoms. The highest BCUT2D eigenvalue weighted by Gasteiger charge is 2.30. The molecular weight excluding hydrogens is 460 g/mol. The van der Waals surface area contributed by atoms with Gasteiger partial charge in [-0.05, 0) is 30.2 Å². The minimum atomic E-state index is -0.222. The van der Waals surface area contributed by atoms with E-state index in [1.807, 2.05) is 35.7 Å². The minimum absolute atomic E-state index is 0.222. The normalized spacial score (nSPS) is 14.7. The molecule has 3 aromatic heterocycles. The lowest BCUT2D eigenvalue weighted by Gasteiger charge is -2.19. The highest BCUT2D eigenvalue weighted by Crippen LogP contribution is 2.42. The Kier molecular flexibility index (Phi) is 5.55. The maximum atomic E-state index is 12.6. The number of anilines is 3. The first-order chi connectivity index (χ1) is 17.3. The number of rotatable bonds is 6. The number of hydrogen-bond acceptors (Lipinski definition) is 7. The molecule has 0 aliphatic carbocycles. The van der Waals surface area contributed by atoms with E-state index in [0.717, 1.165) is 46.1 Å². The van der Waals surface area contributed by atoms with Gasteiger partial charge in [0.2, 0.25) is 0 Å². The summed E-state index contributed by atoms with van der Waals surface area (Å²) in [5.41, 5.74) is 4.81. The molecule has 1 atom stereocenters. The van der Waals surface area contributed by atoms with E-state index in [-0.39, 0.29) is 11.9 Å². The molecular formula is C25H22N8OS. The van der Waals surface area contributed by atoms with Gasteiger partial charge in [0.25, 0.3) is 0 Å². The van der Waals surface area contributed by atoms with E-state index in [0.29, 0.717) is 12.2 Å². The number of nitrogens with zero attached hydrogens (tertiary/aromatic N) is 5. The van der Waals surface area contributed by atoms with E-state index in [2.05, 4.69) is 58.9 Å². The Hall–Kier alpha value is -4.31. The van der Waals surface area contributed by atoms with Crippen LogP contribution in [0.1, 0.15) is 17.9 Å². The molecule has 3 N–H and O–H groups in total. The zero-order valence-corrected chi connectivity index (χ0v) is 19.5. The Balaban J connectivity index is 1.11. The molecule has 0 bridgehead atoms. The molecule has 1 aliphatic rings. The van der Waals surface area contributed by atoms with Gasteiger partial charge in [-0.25, -0.2) is 19.7 Å². The van der Waals surface area contributed by atoms with E-state index in [1.54, 1.807) is 30.1 Å². The fourth-order valence-corrected chi connectivity index (χ4v) is 5.18. The number of urea groups is 1. The van der Waals surface area contributed by atoms with Crippen molar-refractivity contribution in [3.05, 3.63) is 78.2 Å². The van der Waals surface area contributed by atoms with Gasteiger partial charge in [0, 0.05) is 47.5 Å². The molecule has 9 nitrogen and oxygen atoms in total. The summed E-state index contributed by atoms with van der Waals surface area (Å²) in [4.78, 5) is 27.9. The average molecular weight is 483 g/mol. The summed E-state index contributed by atoms with van der Waals surface area (Å²) < 4.78 is 0. The van der Waals surface area contributed by atoms with Crippen LogP contribution in [0.25, 0.3) is 21.6 Å². The summed E-state index contributed by atoms with van der Waals surface area (Å²) in [5, 5.41) is 16.7. The van der Waals surface area contributed by atoms with Crippen LogP contribution in [0.5, 0.6) is 0 Å². The molecule has 2 amide bonds. The Bertz CT molecular complexity index is 1480. The fourth-order valence-electron chi connectivity index (χ4n) is 4.54. The van der Waals surface area contributed by atoms with Crippen LogP contribution in [0.4, 0.5) is 22.0 Å². The number of carbonyl (C=O) groups is 1. The second kappa shape index (κ2) is 9.15. The zero-order valence-electron chi connectivity index (χ0n) is 18.7. The molecule has 0 spiro atoms. The largest absolute Gasteiger partial charge is 0.338 e. The van der Waals surface area contributed by atoms with Gasteiger partial charge >= 0.3 is 6.03 Å². The maximum absolute atomic E-state index is 12.6. The summed E-state index contributed by atoms with van der Waals surface area (Å²) in [7, 11) is 0. The van der Waals surface area contributed by atoms with Crippen molar-refractivity contribution < 1.29 is 4.79 Å². The lowest BCUT2D eigenvalue weighted by Crippen LogP contribution is -2.30. The van der Waals surface area contributed by atoms with E-state index in [1.165, 1.54) is 5.56 Å². The highest BCUT2D eigenvalue weighted by atomic mass is 32.1. The number of aromatic amines is 1. The number of fused-ring (bicyclic) bond motifs is 2. The second-order valence-electron chi connectivity index (χ2n) is 8.28. The minimum Gasteiger partial charge on any atom is -0.338 e. The first-order valence-corrected chi connectivity index (χ1v) is 12.2. The Morgan fingerprint density at radius 2 is 2.09 bits per heavy atom. The number of benzene rings is 2. The Morgan fingerprint density at radius 3 is 3.00 bits per heavy atom. The predicted molar refractivity (Wildman–Crippen MR) is 137 cm³/mol. The topological polar surface area (TPSA) is 112 Å². The molecule has 2 aromatic carbocycles. The third-order valence-corrected chi connectivity index (χ3v) is 6.95. The zero-order chi connectivity index (χ0) is 23.6. The Labute approximate surface area is 205 Å². The van der Waals surface area contributed by atoms with Gasteiger partial charge in [-0.3, -0.25) is 5.10 Å². The second-order valence-corrected chi connectivity index (χ2v) is 9.18. The first-order valence-electron chi connectivity index (χ1n) is 11.3. The van der Waals surface area contributed by atoms with Gasteiger partial charge in [-0.15, -0.1) is 11.3 Å². The van der Waals surface area contributed by atoms with Crippen LogP contribution >= 0.6 is 11.3 Å². The van der Waals surface area contributed by atoms with E-state index >= 15 is 0 Å². The van der Waals surface area contributed by atoms with Crippen molar-refractivity contribution in [2.45, 2.75) is 12.3 Å². The number of hydrogen-bond donors (Lipinski definition) is 3. The molecule has 4 heterocycles. The van der Waals surface area contributed by atoms with Gasteiger partial charge in [0.1, 0.15) is 17.2 Å². The summed E-state index contributed by atoms with van der Waals surface area (Å²) >= 11 is 1.57. The van der Waals surface area contributed by atoms with E-state index < -0.39 is 0 Å². The molecule has 174 valence electrons. The van der Waals surface area contributed by atoms with Crippen LogP contribution < -0.4 is 15.5 Å². The number of nitrogens with one attached hydrogen (secondary N) is 3. The van der Waals surface area contributed by atoms with Crippen molar-refractivity contribution in [3.63, 3.8) is 0 Å². The number of aromatic nitrogens is 5. The number of amides is 2. The summed E-state index contributed by atoms with van der Waals surface area (Å²) in [6.45, 7) is 1.32. The molecule has 0 saturated carbocycles. The van der Waals surface area contributed by atoms with Crippen molar-refractivity contribution in [1.29, 1.82) is 0 Å². The van der Waals surface area contributed by atoms with Crippen molar-refractivity contribution >= 4 is 45.6 Å². The number of para-hydroxylation sites is 1. The van der Waals surface area contributed by atoms with Gasteiger partial charge in [-0.2, -0.15) is 5.10 Å². The third-order valence-electron chi connectivity index (χ3n) is 6.13. The SMILES string of the molecule is O=C(NCCC1CN(c2ncnc3[nH]ncc23)c2ccccc21)Nc1cccc(-c2nccs2)c1. The molecule has 1 aliphatic heterocycles. The lowest BCUT2D eigenvalue weighted by molar-refractivity contribution is 0.252. The summed E-state index contributed by atoms with van der Waals surface area (Å²) in [6, 6.07) is 15.8. The first kappa shape index (κ1) is 21.2. The van der Waals surface area contributed by atoms with Gasteiger partial charge < -0.3 is 15.5 Å². The van der Waals surface area contributed by atoms with Crippen molar-refractivity contribution in [1.82, 2.24) is 30.5 Å². The van der Waals surface area contributed by atoms with Crippen LogP contribution in [0.3, 0.4) is 0 Å². The van der Waals surface area contributed by atoms with Crippen LogP contribution in [0, 0.1) is 0 Å². The van der Waals surface area contributed by atoms with Crippen LogP contribution in [-0.4, -0.2) is 44.3 Å². The molecule has 1 unspecified atom stereocenters. The predicted octanol–water partition coefficient (Wildman–Crippen LogP) is 4.92. The smallest absolute Gasteiger partial charge is 0.319 e.